The van der Waals surface area contributed by atoms with Crippen LogP contribution in [0.4, 0.5) is 0 Å². The maximum Gasteiger partial charge on any atom is 0.137 e. The Labute approximate surface area is 110 Å². The maximum absolute atomic E-state index is 6.30. The van der Waals surface area contributed by atoms with Gasteiger partial charge in [-0.05, 0) is 36.1 Å². The van der Waals surface area contributed by atoms with Gasteiger partial charge in [-0.25, -0.2) is 0 Å². The minimum Gasteiger partial charge on any atom is -0.175 e. The van der Waals surface area contributed by atoms with Gasteiger partial charge in [0.1, 0.15) is 8.83 Å². The Hall–Kier alpha value is -1.05. The summed E-state index contributed by atoms with van der Waals surface area (Å²) in [5.74, 6) is 0. The lowest BCUT2D eigenvalue weighted by Crippen LogP contribution is -2.08. The van der Waals surface area contributed by atoms with Gasteiger partial charge in [-0.3, -0.25) is 0 Å². The van der Waals surface area contributed by atoms with Gasteiger partial charge < -0.3 is 0 Å². The molecule has 1 atom stereocenters. The third kappa shape index (κ3) is 2.62. The minimum absolute atomic E-state index is 0.428. The third-order valence-corrected chi connectivity index (χ3v) is 5.52. The highest BCUT2D eigenvalue weighted by Crippen LogP contribution is 2.28. The van der Waals surface area contributed by atoms with Crippen LogP contribution in [0.15, 0.2) is 48.5 Å². The van der Waals surface area contributed by atoms with E-state index in [4.69, 9.17) is 11.1 Å². The zero-order chi connectivity index (χ0) is 12.3. The van der Waals surface area contributed by atoms with Gasteiger partial charge >= 0.3 is 0 Å². The minimum atomic E-state index is -0.634. The largest absolute Gasteiger partial charge is 0.175 e. The molecule has 0 radical (unpaired) electrons. The number of rotatable bonds is 3. The first-order valence-corrected chi connectivity index (χ1v) is 8.86. The Balaban J connectivity index is 2.46. The second-order valence-corrected chi connectivity index (χ2v) is 6.46. The molecule has 0 aliphatic carbocycles. The number of aryl methyl sites for hydroxylation is 1. The van der Waals surface area contributed by atoms with Crippen molar-refractivity contribution in [3.05, 3.63) is 70.8 Å². The van der Waals surface area contributed by atoms with Crippen LogP contribution in [-0.2, 0) is 0 Å². The van der Waals surface area contributed by atoms with Crippen LogP contribution in [-0.4, -0.2) is 8.83 Å². The lowest BCUT2D eigenvalue weighted by Gasteiger charge is -2.18. The van der Waals surface area contributed by atoms with Crippen LogP contribution in [0.2, 0.25) is 0 Å². The predicted octanol–water partition coefficient (Wildman–Crippen LogP) is 3.72. The fourth-order valence-corrected chi connectivity index (χ4v) is 4.28. The lowest BCUT2D eigenvalue weighted by molar-refractivity contribution is 1.09. The normalized spacial score (nSPS) is 13.1. The van der Waals surface area contributed by atoms with E-state index in [1.54, 1.807) is 0 Å². The molecule has 0 aliphatic rings. The molecule has 0 aliphatic heterocycles. The van der Waals surface area contributed by atoms with Crippen LogP contribution in [0, 0.1) is 13.8 Å². The van der Waals surface area contributed by atoms with Crippen molar-refractivity contribution < 1.29 is 0 Å². The SMILES string of the molecule is Cc1cccc(C([SiH2]Cl)c2ccccc2)c1C. The summed E-state index contributed by atoms with van der Waals surface area (Å²) in [5, 5.41) is 0. The molecule has 1 unspecified atom stereocenters. The fraction of sp³-hybridized carbons (Fsp3) is 0.200. The second kappa shape index (κ2) is 5.52. The second-order valence-electron chi connectivity index (χ2n) is 4.41. The first-order chi connectivity index (χ1) is 8.24. The predicted molar refractivity (Wildman–Crippen MR) is 78.6 cm³/mol. The molecule has 0 spiro atoms. The molecule has 0 fully saturated rings. The van der Waals surface area contributed by atoms with Crippen LogP contribution in [0.3, 0.4) is 0 Å². The average molecular weight is 261 g/mol. The molecular weight excluding hydrogens is 244 g/mol. The Kier molecular flexibility index (Phi) is 4.03. The molecule has 0 saturated carbocycles. The van der Waals surface area contributed by atoms with Crippen molar-refractivity contribution in [1.29, 1.82) is 0 Å². The van der Waals surface area contributed by atoms with Crippen molar-refractivity contribution in [2.75, 3.05) is 0 Å². The highest BCUT2D eigenvalue weighted by Gasteiger charge is 2.15. The maximum atomic E-state index is 6.30. The highest BCUT2D eigenvalue weighted by molar-refractivity contribution is 6.94. The van der Waals surface area contributed by atoms with E-state index in [0.717, 1.165) is 0 Å². The van der Waals surface area contributed by atoms with E-state index >= 15 is 0 Å². The number of hydrogen-bond acceptors (Lipinski definition) is 0. The highest BCUT2D eigenvalue weighted by atomic mass is 35.6. The number of benzene rings is 2. The molecule has 2 aromatic rings. The van der Waals surface area contributed by atoms with Crippen molar-refractivity contribution in [2.45, 2.75) is 19.4 Å². The van der Waals surface area contributed by atoms with E-state index in [2.05, 4.69) is 62.4 Å². The molecule has 0 heterocycles. The Morgan fingerprint density at radius 2 is 1.65 bits per heavy atom. The first-order valence-electron chi connectivity index (χ1n) is 5.91. The monoisotopic (exact) mass is 260 g/mol. The molecular formula is C15H17ClSi. The van der Waals surface area contributed by atoms with Gasteiger partial charge in [-0.1, -0.05) is 48.5 Å². The zero-order valence-electron chi connectivity index (χ0n) is 10.3. The van der Waals surface area contributed by atoms with Crippen molar-refractivity contribution >= 4 is 19.9 Å². The van der Waals surface area contributed by atoms with Crippen LogP contribution >= 0.6 is 11.1 Å². The summed E-state index contributed by atoms with van der Waals surface area (Å²) in [5.41, 5.74) is 5.91. The van der Waals surface area contributed by atoms with E-state index in [1.807, 2.05) is 0 Å². The van der Waals surface area contributed by atoms with Crippen LogP contribution in [0.1, 0.15) is 27.8 Å². The van der Waals surface area contributed by atoms with Gasteiger partial charge in [-0.15, -0.1) is 0 Å². The standard InChI is InChI=1S/C15H17ClSi/c1-11-7-6-10-14(12(11)2)15(17-16)13-8-4-3-5-9-13/h3-10,15H,17H2,1-2H3. The van der Waals surface area contributed by atoms with Gasteiger partial charge in [0.25, 0.3) is 0 Å². The molecule has 2 rings (SSSR count). The summed E-state index contributed by atoms with van der Waals surface area (Å²) >= 11 is 6.30. The molecule has 17 heavy (non-hydrogen) atoms. The summed E-state index contributed by atoms with van der Waals surface area (Å²) in [6, 6.07) is 17.1. The smallest absolute Gasteiger partial charge is 0.137 e. The average Bonchev–Trinajstić information content (AvgIpc) is 2.37. The van der Waals surface area contributed by atoms with Gasteiger partial charge in [-0.2, -0.15) is 11.1 Å². The molecule has 0 amide bonds. The van der Waals surface area contributed by atoms with Crippen molar-refractivity contribution in [1.82, 2.24) is 0 Å². The first kappa shape index (κ1) is 12.4. The van der Waals surface area contributed by atoms with Crippen LogP contribution < -0.4 is 0 Å². The molecule has 88 valence electrons. The van der Waals surface area contributed by atoms with Crippen molar-refractivity contribution in [3.63, 3.8) is 0 Å². The fourth-order valence-electron chi connectivity index (χ4n) is 2.19. The quantitative estimate of drug-likeness (QED) is 0.583. The molecule has 0 N–H and O–H groups in total. The van der Waals surface area contributed by atoms with Gasteiger partial charge in [0.15, 0.2) is 0 Å². The summed E-state index contributed by atoms with van der Waals surface area (Å²) in [6.45, 7) is 4.36. The molecule has 0 aromatic heterocycles. The number of halogens is 1. The van der Waals surface area contributed by atoms with Gasteiger partial charge in [0.2, 0.25) is 0 Å². The molecule has 0 saturated heterocycles. The van der Waals surface area contributed by atoms with Crippen molar-refractivity contribution in [3.8, 4) is 0 Å². The van der Waals surface area contributed by atoms with E-state index < -0.39 is 8.83 Å². The van der Waals surface area contributed by atoms with Gasteiger partial charge in [0, 0.05) is 5.54 Å². The van der Waals surface area contributed by atoms with Crippen molar-refractivity contribution in [2.24, 2.45) is 0 Å². The van der Waals surface area contributed by atoms with E-state index in [-0.39, 0.29) is 0 Å². The molecule has 0 nitrogen and oxygen atoms in total. The van der Waals surface area contributed by atoms with E-state index in [9.17, 15) is 0 Å². The summed E-state index contributed by atoms with van der Waals surface area (Å²) in [4.78, 5) is 0. The molecule has 2 heteroatoms. The summed E-state index contributed by atoms with van der Waals surface area (Å²) in [6.07, 6.45) is 0. The van der Waals surface area contributed by atoms with Crippen LogP contribution in [0.25, 0.3) is 0 Å². The Morgan fingerprint density at radius 3 is 2.29 bits per heavy atom. The van der Waals surface area contributed by atoms with Gasteiger partial charge in [0.05, 0.1) is 0 Å². The summed E-state index contributed by atoms with van der Waals surface area (Å²) in [7, 11) is -0.634. The Morgan fingerprint density at radius 1 is 0.941 bits per heavy atom. The molecule has 0 bridgehead atoms. The zero-order valence-corrected chi connectivity index (χ0v) is 12.5. The summed E-state index contributed by atoms with van der Waals surface area (Å²) < 4.78 is 0. The molecule has 2 aromatic carbocycles. The topological polar surface area (TPSA) is 0 Å². The Bertz CT molecular complexity index is 494. The van der Waals surface area contributed by atoms with E-state index in [0.29, 0.717) is 5.54 Å². The lowest BCUT2D eigenvalue weighted by atomic mass is 9.97. The van der Waals surface area contributed by atoms with E-state index in [1.165, 1.54) is 22.3 Å². The number of hydrogen-bond donors (Lipinski definition) is 0. The third-order valence-electron chi connectivity index (χ3n) is 3.38. The van der Waals surface area contributed by atoms with Crippen LogP contribution in [0.5, 0.6) is 0 Å².